The van der Waals surface area contributed by atoms with Gasteiger partial charge in [0.2, 0.25) is 0 Å². The number of hydrogen-bond donors (Lipinski definition) is 0. The number of fused-ring (bicyclic) bond motifs is 14. The number of aromatic nitrogens is 4. The van der Waals surface area contributed by atoms with Gasteiger partial charge < -0.3 is 17.9 Å². The summed E-state index contributed by atoms with van der Waals surface area (Å²) in [5, 5.41) is 10.1. The highest BCUT2D eigenvalue weighted by Gasteiger charge is 2.25. The Morgan fingerprint density at radius 1 is 0.234 bits per heavy atom. The predicted molar refractivity (Wildman–Crippen MR) is 269 cm³/mol. The Balaban J connectivity index is 1.01. The van der Waals surface area contributed by atoms with E-state index in [1.165, 1.54) is 132 Å². The van der Waals surface area contributed by atoms with Crippen molar-refractivity contribution in [1.29, 1.82) is 0 Å². The highest BCUT2D eigenvalue weighted by atomic mass is 15.0. The van der Waals surface area contributed by atoms with Crippen LogP contribution in [0, 0.1) is 0 Å². The van der Waals surface area contributed by atoms with Crippen molar-refractivity contribution < 1.29 is 0 Å². The molecule has 0 N–H and O–H groups in total. The van der Waals surface area contributed by atoms with E-state index in [0.29, 0.717) is 0 Å². The van der Waals surface area contributed by atoms with E-state index in [2.05, 4.69) is 236 Å². The summed E-state index contributed by atoms with van der Waals surface area (Å²) < 4.78 is 9.88. The smallest absolute Gasteiger partial charge is 0.0789 e. The van der Waals surface area contributed by atoms with Crippen LogP contribution in [-0.2, 0) is 0 Å². The van der Waals surface area contributed by atoms with Gasteiger partial charge in [0, 0.05) is 54.5 Å². The largest absolute Gasteiger partial charge is 0.309 e. The summed E-state index contributed by atoms with van der Waals surface area (Å²) in [7, 11) is 0. The Bertz CT molecular complexity index is 4120. The molecule has 0 fully saturated rings. The molecule has 0 aliphatic heterocycles. The first-order valence-corrected chi connectivity index (χ1v) is 22.1. The maximum atomic E-state index is 2.55. The van der Waals surface area contributed by atoms with Crippen LogP contribution in [0.25, 0.3) is 132 Å². The van der Waals surface area contributed by atoms with Gasteiger partial charge in [-0.1, -0.05) is 133 Å². The van der Waals surface area contributed by atoms with E-state index in [0.717, 1.165) is 0 Å². The minimum atomic E-state index is 1.17. The second-order valence-electron chi connectivity index (χ2n) is 17.3. The van der Waals surface area contributed by atoms with Crippen LogP contribution in [0.1, 0.15) is 0 Å². The first-order valence-electron chi connectivity index (χ1n) is 22.1. The average Bonchev–Trinajstić information content (AvgIpc) is 4.10. The molecular weight excluding hydrogens is 777 g/mol. The van der Waals surface area contributed by atoms with Gasteiger partial charge in [-0.25, -0.2) is 0 Å². The molecule has 4 heteroatoms. The lowest BCUT2D eigenvalue weighted by atomic mass is 9.96. The number of nitrogens with zero attached hydrogens (tertiary/aromatic N) is 4. The third-order valence-electron chi connectivity index (χ3n) is 14.1. The van der Waals surface area contributed by atoms with Gasteiger partial charge >= 0.3 is 0 Å². The molecule has 10 aromatic carbocycles. The van der Waals surface area contributed by atoms with Crippen LogP contribution >= 0.6 is 0 Å². The Morgan fingerprint density at radius 2 is 0.578 bits per heavy atom. The van der Waals surface area contributed by atoms with Crippen molar-refractivity contribution in [1.82, 2.24) is 17.9 Å². The molecule has 0 atom stereocenters. The number of rotatable bonds is 4. The van der Waals surface area contributed by atoms with E-state index in [1.807, 2.05) is 0 Å². The molecule has 0 aliphatic carbocycles. The van der Waals surface area contributed by atoms with Crippen LogP contribution in [0.15, 0.2) is 218 Å². The van der Waals surface area contributed by atoms with Gasteiger partial charge in [0.15, 0.2) is 0 Å². The summed E-state index contributed by atoms with van der Waals surface area (Å²) in [6, 6.07) is 80.6. The SMILES string of the molecule is c1ccc(-n2c3ccccc3c3cc(-c4ccc5c6c4c4ccccc4n6c4ccc(-c6ccc7c(c6)c6ccccc6n7-c6ccccc6)c6c7ccccc7n5c64)ccc32)cc1. The van der Waals surface area contributed by atoms with Gasteiger partial charge in [-0.05, 0) is 107 Å². The van der Waals surface area contributed by atoms with Gasteiger partial charge in [-0.15, -0.1) is 0 Å². The Kier molecular flexibility index (Phi) is 6.65. The number of hydrogen-bond acceptors (Lipinski definition) is 0. The lowest BCUT2D eigenvalue weighted by Crippen LogP contribution is -1.98. The van der Waals surface area contributed by atoms with Gasteiger partial charge in [0.05, 0.1) is 55.2 Å². The zero-order valence-corrected chi connectivity index (χ0v) is 34.6. The topological polar surface area (TPSA) is 18.7 Å². The van der Waals surface area contributed by atoms with Crippen LogP contribution in [-0.4, -0.2) is 17.9 Å². The molecular formula is C60H36N4. The van der Waals surface area contributed by atoms with Crippen molar-refractivity contribution in [3.8, 4) is 33.6 Å². The number of benzene rings is 10. The third-order valence-corrected chi connectivity index (χ3v) is 14.1. The zero-order valence-electron chi connectivity index (χ0n) is 34.6. The minimum Gasteiger partial charge on any atom is -0.309 e. The van der Waals surface area contributed by atoms with Crippen molar-refractivity contribution in [2.45, 2.75) is 0 Å². The Morgan fingerprint density at radius 3 is 1.02 bits per heavy atom. The van der Waals surface area contributed by atoms with Gasteiger partial charge in [-0.2, -0.15) is 0 Å². The van der Waals surface area contributed by atoms with E-state index >= 15 is 0 Å². The molecule has 15 aromatic rings. The quantitative estimate of drug-likeness (QED) is 0.158. The fraction of sp³-hybridized carbons (Fsp3) is 0. The highest BCUT2D eigenvalue weighted by Crippen LogP contribution is 2.47. The lowest BCUT2D eigenvalue weighted by Gasteiger charge is -2.15. The summed E-state index contributed by atoms with van der Waals surface area (Å²) in [5.41, 5.74) is 19.4. The van der Waals surface area contributed by atoms with Gasteiger partial charge in [-0.3, -0.25) is 0 Å². The molecule has 5 aromatic heterocycles. The second-order valence-corrected chi connectivity index (χ2v) is 17.3. The maximum absolute atomic E-state index is 2.55. The molecule has 296 valence electrons. The molecule has 0 aliphatic rings. The van der Waals surface area contributed by atoms with Crippen LogP contribution in [0.3, 0.4) is 0 Å². The molecule has 4 nitrogen and oxygen atoms in total. The van der Waals surface area contributed by atoms with Crippen molar-refractivity contribution in [2.24, 2.45) is 0 Å². The van der Waals surface area contributed by atoms with Gasteiger partial charge in [0.25, 0.3) is 0 Å². The van der Waals surface area contributed by atoms with E-state index in [4.69, 9.17) is 0 Å². The maximum Gasteiger partial charge on any atom is 0.0789 e. The van der Waals surface area contributed by atoms with Crippen LogP contribution < -0.4 is 0 Å². The molecule has 0 spiro atoms. The number of para-hydroxylation sites is 6. The second kappa shape index (κ2) is 12.5. The molecule has 0 saturated carbocycles. The van der Waals surface area contributed by atoms with E-state index in [9.17, 15) is 0 Å². The van der Waals surface area contributed by atoms with Crippen molar-refractivity contribution in [3.05, 3.63) is 218 Å². The predicted octanol–water partition coefficient (Wildman–Crippen LogP) is 15.8. The zero-order chi connectivity index (χ0) is 41.6. The molecule has 0 bridgehead atoms. The molecule has 5 heterocycles. The van der Waals surface area contributed by atoms with Crippen molar-refractivity contribution in [2.75, 3.05) is 0 Å². The average molecular weight is 813 g/mol. The molecule has 0 saturated heterocycles. The Labute approximate surface area is 366 Å². The van der Waals surface area contributed by atoms with E-state index in [-0.39, 0.29) is 0 Å². The fourth-order valence-corrected chi connectivity index (χ4v) is 11.5. The lowest BCUT2D eigenvalue weighted by molar-refractivity contribution is 1.18. The van der Waals surface area contributed by atoms with Crippen LogP contribution in [0.2, 0.25) is 0 Å². The fourth-order valence-electron chi connectivity index (χ4n) is 11.5. The summed E-state index contributed by atoms with van der Waals surface area (Å²) in [4.78, 5) is 0. The van der Waals surface area contributed by atoms with Crippen LogP contribution in [0.5, 0.6) is 0 Å². The normalized spacial score (nSPS) is 12.4. The van der Waals surface area contributed by atoms with Crippen molar-refractivity contribution >= 4 is 98.3 Å². The van der Waals surface area contributed by atoms with E-state index < -0.39 is 0 Å². The highest BCUT2D eigenvalue weighted by molar-refractivity contribution is 6.27. The molecule has 0 amide bonds. The molecule has 0 unspecified atom stereocenters. The molecule has 0 radical (unpaired) electrons. The first-order chi connectivity index (χ1) is 31.8. The van der Waals surface area contributed by atoms with Gasteiger partial charge in [0.1, 0.15) is 0 Å². The van der Waals surface area contributed by atoms with E-state index in [1.54, 1.807) is 0 Å². The first kappa shape index (κ1) is 34.0. The summed E-state index contributed by atoms with van der Waals surface area (Å²) in [5.74, 6) is 0. The van der Waals surface area contributed by atoms with Crippen molar-refractivity contribution in [3.63, 3.8) is 0 Å². The Hall–Kier alpha value is -8.60. The third kappa shape index (κ3) is 4.36. The molecule has 64 heavy (non-hydrogen) atoms. The minimum absolute atomic E-state index is 1.17. The monoisotopic (exact) mass is 812 g/mol. The summed E-state index contributed by atoms with van der Waals surface area (Å²) in [6.45, 7) is 0. The summed E-state index contributed by atoms with van der Waals surface area (Å²) >= 11 is 0. The molecule has 15 rings (SSSR count). The summed E-state index contributed by atoms with van der Waals surface area (Å²) in [6.07, 6.45) is 0. The van der Waals surface area contributed by atoms with Crippen LogP contribution in [0.4, 0.5) is 0 Å². The standard InChI is InChI=1S/C60H36N4/c1-3-15-39(16-4-1)61-49-23-11-7-19-43(49)47-35-37(27-31-53(47)61)41-29-33-55-59-57(41)45-21-9-13-25-51(45)63(59)56-34-30-42(58-46-22-10-14-26-52(46)64(55)60(56)58)38-28-32-54-48(36-38)44-20-8-12-24-50(44)62(54)40-17-5-2-6-18-40/h1-36H.